The van der Waals surface area contributed by atoms with Crippen molar-refractivity contribution in [3.05, 3.63) is 29.8 Å². The molecule has 4 heteroatoms. The van der Waals surface area contributed by atoms with Crippen LogP contribution in [0.3, 0.4) is 0 Å². The molecule has 2 saturated heterocycles. The number of hydrogen-bond acceptors (Lipinski definition) is 3. The van der Waals surface area contributed by atoms with Gasteiger partial charge in [-0.2, -0.15) is 0 Å². The summed E-state index contributed by atoms with van der Waals surface area (Å²) in [6.07, 6.45) is 0. The predicted octanol–water partition coefficient (Wildman–Crippen LogP) is 1.38. The third kappa shape index (κ3) is 2.45. The largest absolute Gasteiger partial charge is 0.494 e. The zero-order chi connectivity index (χ0) is 13.2. The van der Waals surface area contributed by atoms with Gasteiger partial charge in [0.2, 0.25) is 0 Å². The Morgan fingerprint density at radius 3 is 2.79 bits per heavy atom. The van der Waals surface area contributed by atoms with Gasteiger partial charge < -0.3 is 15.0 Å². The van der Waals surface area contributed by atoms with Crippen LogP contribution in [0.4, 0.5) is 0 Å². The van der Waals surface area contributed by atoms with E-state index in [0.29, 0.717) is 18.4 Å². The molecule has 1 aromatic rings. The second-order valence-corrected chi connectivity index (χ2v) is 5.35. The lowest BCUT2D eigenvalue weighted by Crippen LogP contribution is -2.31. The van der Waals surface area contributed by atoms with Crippen LogP contribution in [0.25, 0.3) is 0 Å². The van der Waals surface area contributed by atoms with E-state index in [9.17, 15) is 4.79 Å². The van der Waals surface area contributed by atoms with E-state index in [1.54, 1.807) is 0 Å². The molecule has 3 rings (SSSR count). The summed E-state index contributed by atoms with van der Waals surface area (Å²) in [5.74, 6) is 2.18. The molecule has 1 amide bonds. The first-order chi connectivity index (χ1) is 9.28. The van der Waals surface area contributed by atoms with Crippen LogP contribution < -0.4 is 10.1 Å². The van der Waals surface area contributed by atoms with Crippen molar-refractivity contribution in [3.8, 4) is 5.75 Å². The quantitative estimate of drug-likeness (QED) is 0.892. The zero-order valence-electron chi connectivity index (χ0n) is 11.3. The molecule has 0 unspecified atom stereocenters. The highest BCUT2D eigenvalue weighted by atomic mass is 16.5. The molecule has 2 aliphatic rings. The van der Waals surface area contributed by atoms with Gasteiger partial charge in [0, 0.05) is 31.7 Å². The molecule has 0 bridgehead atoms. The summed E-state index contributed by atoms with van der Waals surface area (Å²) in [6, 6.07) is 7.50. The van der Waals surface area contributed by atoms with Crippen LogP contribution in [0.5, 0.6) is 5.75 Å². The molecule has 4 nitrogen and oxygen atoms in total. The fraction of sp³-hybridized carbons (Fsp3) is 0.533. The van der Waals surface area contributed by atoms with Gasteiger partial charge in [0.05, 0.1) is 6.61 Å². The highest BCUT2D eigenvalue weighted by Gasteiger charge is 2.38. The molecule has 19 heavy (non-hydrogen) atoms. The maximum absolute atomic E-state index is 12.5. The Balaban J connectivity index is 1.72. The van der Waals surface area contributed by atoms with E-state index in [1.165, 1.54) is 0 Å². The van der Waals surface area contributed by atoms with Gasteiger partial charge in [-0.25, -0.2) is 0 Å². The Labute approximate surface area is 113 Å². The van der Waals surface area contributed by atoms with Gasteiger partial charge in [0.1, 0.15) is 5.75 Å². The highest BCUT2D eigenvalue weighted by Crippen LogP contribution is 2.27. The number of nitrogens with zero attached hydrogens (tertiary/aromatic N) is 1. The summed E-state index contributed by atoms with van der Waals surface area (Å²) in [6.45, 7) is 6.44. The molecule has 2 aliphatic heterocycles. The van der Waals surface area contributed by atoms with Gasteiger partial charge in [-0.15, -0.1) is 0 Å². The van der Waals surface area contributed by atoms with E-state index in [1.807, 2.05) is 36.1 Å². The number of fused-ring (bicyclic) bond motifs is 1. The van der Waals surface area contributed by atoms with Gasteiger partial charge >= 0.3 is 0 Å². The summed E-state index contributed by atoms with van der Waals surface area (Å²) in [5.41, 5.74) is 0.735. The van der Waals surface area contributed by atoms with Crippen LogP contribution in [0.15, 0.2) is 24.3 Å². The fourth-order valence-corrected chi connectivity index (χ4v) is 3.09. The maximum Gasteiger partial charge on any atom is 0.254 e. The van der Waals surface area contributed by atoms with Crippen molar-refractivity contribution in [1.82, 2.24) is 10.2 Å². The van der Waals surface area contributed by atoms with Crippen LogP contribution in [-0.4, -0.2) is 43.6 Å². The summed E-state index contributed by atoms with van der Waals surface area (Å²) >= 11 is 0. The average molecular weight is 260 g/mol. The summed E-state index contributed by atoms with van der Waals surface area (Å²) < 4.78 is 5.45. The average Bonchev–Trinajstić information content (AvgIpc) is 2.99. The normalized spacial score (nSPS) is 25.4. The molecule has 1 aromatic carbocycles. The molecular formula is C15H20N2O2. The number of rotatable bonds is 3. The third-order valence-electron chi connectivity index (χ3n) is 4.07. The van der Waals surface area contributed by atoms with Gasteiger partial charge in [-0.1, -0.05) is 6.07 Å². The zero-order valence-corrected chi connectivity index (χ0v) is 11.3. The molecule has 0 radical (unpaired) electrons. The molecule has 0 aliphatic carbocycles. The molecule has 0 spiro atoms. The monoisotopic (exact) mass is 260 g/mol. The lowest BCUT2D eigenvalue weighted by atomic mass is 10.0. The Hall–Kier alpha value is -1.55. The lowest BCUT2D eigenvalue weighted by Gasteiger charge is -2.18. The van der Waals surface area contributed by atoms with Crippen molar-refractivity contribution in [3.63, 3.8) is 0 Å². The number of likely N-dealkylation sites (tertiary alicyclic amines) is 1. The van der Waals surface area contributed by atoms with Gasteiger partial charge in [-0.3, -0.25) is 4.79 Å². The maximum atomic E-state index is 12.5. The van der Waals surface area contributed by atoms with Gasteiger partial charge in [0.25, 0.3) is 5.91 Å². The van der Waals surface area contributed by atoms with Crippen molar-refractivity contribution in [2.45, 2.75) is 6.92 Å². The standard InChI is InChI=1S/C15H20N2O2/c1-2-19-14-5-3-4-11(6-14)15(18)17-9-12-7-16-8-13(12)10-17/h3-6,12-13,16H,2,7-10H2,1H3/t12-,13+. The van der Waals surface area contributed by atoms with Gasteiger partial charge in [-0.05, 0) is 37.0 Å². The molecule has 2 atom stereocenters. The molecule has 0 aromatic heterocycles. The van der Waals surface area contributed by atoms with Crippen molar-refractivity contribution < 1.29 is 9.53 Å². The van der Waals surface area contributed by atoms with E-state index >= 15 is 0 Å². The Morgan fingerprint density at radius 1 is 1.37 bits per heavy atom. The van der Waals surface area contributed by atoms with E-state index in [2.05, 4.69) is 5.32 Å². The molecule has 1 N–H and O–H groups in total. The predicted molar refractivity (Wildman–Crippen MR) is 73.4 cm³/mol. The number of amides is 1. The Bertz CT molecular complexity index is 463. The molecular weight excluding hydrogens is 240 g/mol. The number of carbonyl (C=O) groups excluding carboxylic acids is 1. The van der Waals surface area contributed by atoms with E-state index < -0.39 is 0 Å². The van der Waals surface area contributed by atoms with Gasteiger partial charge in [0.15, 0.2) is 0 Å². The van der Waals surface area contributed by atoms with Crippen LogP contribution in [0.2, 0.25) is 0 Å². The fourth-order valence-electron chi connectivity index (χ4n) is 3.09. The van der Waals surface area contributed by atoms with E-state index in [-0.39, 0.29) is 5.91 Å². The van der Waals surface area contributed by atoms with Crippen molar-refractivity contribution in [2.75, 3.05) is 32.8 Å². The Morgan fingerprint density at radius 2 is 2.11 bits per heavy atom. The molecule has 0 saturated carbocycles. The minimum absolute atomic E-state index is 0.135. The minimum Gasteiger partial charge on any atom is -0.494 e. The lowest BCUT2D eigenvalue weighted by molar-refractivity contribution is 0.0781. The summed E-state index contributed by atoms with van der Waals surface area (Å²) in [5, 5.41) is 3.39. The van der Waals surface area contributed by atoms with Crippen LogP contribution in [0, 0.1) is 11.8 Å². The van der Waals surface area contributed by atoms with Crippen LogP contribution in [-0.2, 0) is 0 Å². The molecule has 2 fully saturated rings. The highest BCUT2D eigenvalue weighted by molar-refractivity contribution is 5.94. The van der Waals surface area contributed by atoms with Crippen molar-refractivity contribution >= 4 is 5.91 Å². The second kappa shape index (κ2) is 5.21. The number of hydrogen-bond donors (Lipinski definition) is 1. The van der Waals surface area contributed by atoms with Crippen LogP contribution >= 0.6 is 0 Å². The first-order valence-electron chi connectivity index (χ1n) is 7.00. The van der Waals surface area contributed by atoms with Crippen molar-refractivity contribution in [2.24, 2.45) is 11.8 Å². The Kier molecular flexibility index (Phi) is 3.42. The molecule has 102 valence electrons. The summed E-state index contributed by atoms with van der Waals surface area (Å²) in [7, 11) is 0. The smallest absolute Gasteiger partial charge is 0.254 e. The summed E-state index contributed by atoms with van der Waals surface area (Å²) in [4.78, 5) is 14.5. The SMILES string of the molecule is CCOc1cccc(C(=O)N2C[C@H]3CNC[C@H]3C2)c1. The number of carbonyl (C=O) groups is 1. The van der Waals surface area contributed by atoms with Crippen molar-refractivity contribution in [1.29, 1.82) is 0 Å². The first-order valence-corrected chi connectivity index (χ1v) is 7.00. The minimum atomic E-state index is 0.135. The number of nitrogens with one attached hydrogen (secondary N) is 1. The second-order valence-electron chi connectivity index (χ2n) is 5.35. The first kappa shape index (κ1) is 12.5. The third-order valence-corrected chi connectivity index (χ3v) is 4.07. The molecule has 2 heterocycles. The van der Waals surface area contributed by atoms with E-state index in [4.69, 9.17) is 4.74 Å². The number of benzene rings is 1. The van der Waals surface area contributed by atoms with E-state index in [0.717, 1.165) is 37.5 Å². The van der Waals surface area contributed by atoms with Crippen LogP contribution in [0.1, 0.15) is 17.3 Å². The number of ether oxygens (including phenoxy) is 1. The topological polar surface area (TPSA) is 41.6 Å².